The van der Waals surface area contributed by atoms with Crippen LogP contribution in [0.15, 0.2) is 51.8 Å². The molecule has 7 heteroatoms. The van der Waals surface area contributed by atoms with E-state index in [1.807, 2.05) is 12.1 Å². The number of hydrogen-bond donors (Lipinski definition) is 0. The van der Waals surface area contributed by atoms with Crippen molar-refractivity contribution in [3.8, 4) is 0 Å². The van der Waals surface area contributed by atoms with E-state index in [-0.39, 0.29) is 16.5 Å². The van der Waals surface area contributed by atoms with Crippen LogP contribution >= 0.6 is 51.5 Å². The predicted octanol–water partition coefficient (Wildman–Crippen LogP) is 5.65. The van der Waals surface area contributed by atoms with Gasteiger partial charge in [-0.2, -0.15) is 0 Å². The van der Waals surface area contributed by atoms with Crippen molar-refractivity contribution in [2.24, 2.45) is 0 Å². The molecular formula is C16H8BrClFNOS2. The number of carbonyl (C=O) groups is 1. The minimum atomic E-state index is -0.481. The van der Waals surface area contributed by atoms with Gasteiger partial charge in [0.15, 0.2) is 4.32 Å². The number of anilines is 1. The molecule has 3 rings (SSSR count). The molecule has 2 aromatic carbocycles. The lowest BCUT2D eigenvalue weighted by Gasteiger charge is -2.14. The van der Waals surface area contributed by atoms with Crippen LogP contribution in [0.1, 0.15) is 5.56 Å². The predicted molar refractivity (Wildman–Crippen MR) is 101 cm³/mol. The van der Waals surface area contributed by atoms with Gasteiger partial charge in [-0.15, -0.1) is 0 Å². The molecule has 1 amide bonds. The van der Waals surface area contributed by atoms with E-state index in [1.54, 1.807) is 18.2 Å². The van der Waals surface area contributed by atoms with Crippen LogP contribution in [0.5, 0.6) is 0 Å². The summed E-state index contributed by atoms with van der Waals surface area (Å²) in [4.78, 5) is 14.4. The molecule has 0 saturated carbocycles. The van der Waals surface area contributed by atoms with Crippen LogP contribution in [0.25, 0.3) is 6.08 Å². The summed E-state index contributed by atoms with van der Waals surface area (Å²) in [6.45, 7) is 0. The van der Waals surface area contributed by atoms with Crippen LogP contribution in [0.2, 0.25) is 5.02 Å². The summed E-state index contributed by atoms with van der Waals surface area (Å²) < 4.78 is 15.1. The molecule has 1 fully saturated rings. The summed E-state index contributed by atoms with van der Waals surface area (Å²) in [6, 6.07) is 11.6. The summed E-state index contributed by atoms with van der Waals surface area (Å²) in [5, 5.41) is 0.248. The van der Waals surface area contributed by atoms with Gasteiger partial charge in [0.1, 0.15) is 5.82 Å². The quantitative estimate of drug-likeness (QED) is 0.455. The summed E-state index contributed by atoms with van der Waals surface area (Å²) in [6.07, 6.45) is 1.44. The molecule has 0 radical (unpaired) electrons. The van der Waals surface area contributed by atoms with E-state index in [1.165, 1.54) is 23.1 Å². The van der Waals surface area contributed by atoms with E-state index in [2.05, 4.69) is 15.9 Å². The molecule has 1 heterocycles. The molecule has 2 nitrogen and oxygen atoms in total. The van der Waals surface area contributed by atoms with E-state index >= 15 is 0 Å². The van der Waals surface area contributed by atoms with Crippen molar-refractivity contribution in [1.82, 2.24) is 0 Å². The van der Waals surface area contributed by atoms with Gasteiger partial charge in [-0.05, 0) is 36.4 Å². The molecule has 0 aromatic heterocycles. The van der Waals surface area contributed by atoms with Gasteiger partial charge in [0.25, 0.3) is 5.91 Å². The van der Waals surface area contributed by atoms with E-state index in [0.717, 1.165) is 16.2 Å². The number of benzene rings is 2. The Labute approximate surface area is 155 Å². The maximum Gasteiger partial charge on any atom is 0.270 e. The first-order valence-electron chi connectivity index (χ1n) is 6.45. The molecule has 0 unspecified atom stereocenters. The van der Waals surface area contributed by atoms with E-state index in [4.69, 9.17) is 23.8 Å². The zero-order valence-electron chi connectivity index (χ0n) is 11.4. The van der Waals surface area contributed by atoms with Crippen molar-refractivity contribution in [2.45, 2.75) is 0 Å². The fourth-order valence-electron chi connectivity index (χ4n) is 2.09. The topological polar surface area (TPSA) is 20.3 Å². The number of hydrogen-bond acceptors (Lipinski definition) is 3. The minimum Gasteiger partial charge on any atom is -0.268 e. The van der Waals surface area contributed by atoms with Crippen LogP contribution in [0, 0.1) is 5.82 Å². The van der Waals surface area contributed by atoms with Gasteiger partial charge in [0.05, 0.1) is 15.6 Å². The molecule has 0 aliphatic carbocycles. The second kappa shape index (κ2) is 6.73. The first-order valence-corrected chi connectivity index (χ1v) is 8.84. The molecular weight excluding hydrogens is 421 g/mol. The van der Waals surface area contributed by atoms with Crippen molar-refractivity contribution >= 4 is 73.5 Å². The monoisotopic (exact) mass is 427 g/mol. The van der Waals surface area contributed by atoms with Crippen LogP contribution in [-0.4, -0.2) is 10.2 Å². The summed E-state index contributed by atoms with van der Waals surface area (Å²) in [7, 11) is 0. The SMILES string of the molecule is O=C1/C(=C/c2c(F)cccc2Cl)SC(=S)N1c1cccc(Br)c1. The van der Waals surface area contributed by atoms with Gasteiger partial charge in [-0.3, -0.25) is 9.69 Å². The van der Waals surface area contributed by atoms with E-state index in [0.29, 0.717) is 14.9 Å². The molecule has 0 N–H and O–H groups in total. The first-order chi connectivity index (χ1) is 11.0. The number of thioether (sulfide) groups is 1. The third-order valence-electron chi connectivity index (χ3n) is 3.14. The average Bonchev–Trinajstić information content (AvgIpc) is 2.77. The van der Waals surface area contributed by atoms with Gasteiger partial charge in [-0.1, -0.05) is 63.6 Å². The van der Waals surface area contributed by atoms with Crippen LogP contribution < -0.4 is 4.90 Å². The van der Waals surface area contributed by atoms with Gasteiger partial charge >= 0.3 is 0 Å². The van der Waals surface area contributed by atoms with Gasteiger partial charge in [0, 0.05) is 10.0 Å². The van der Waals surface area contributed by atoms with Gasteiger partial charge in [-0.25, -0.2) is 4.39 Å². The third kappa shape index (κ3) is 3.35. The second-order valence-corrected chi connectivity index (χ2v) is 7.63. The molecule has 0 bridgehead atoms. The molecule has 0 spiro atoms. The molecule has 23 heavy (non-hydrogen) atoms. The number of amides is 1. The highest BCUT2D eigenvalue weighted by Gasteiger charge is 2.33. The molecule has 1 aliphatic heterocycles. The minimum absolute atomic E-state index is 0.184. The van der Waals surface area contributed by atoms with Crippen molar-refractivity contribution in [2.75, 3.05) is 4.90 Å². The van der Waals surface area contributed by atoms with Gasteiger partial charge in [0.2, 0.25) is 0 Å². The highest BCUT2D eigenvalue weighted by atomic mass is 79.9. The van der Waals surface area contributed by atoms with Crippen LogP contribution in [0.4, 0.5) is 10.1 Å². The normalized spacial score (nSPS) is 16.5. The molecule has 1 aliphatic rings. The third-order valence-corrected chi connectivity index (χ3v) is 5.26. The van der Waals surface area contributed by atoms with Gasteiger partial charge < -0.3 is 0 Å². The Kier molecular flexibility index (Phi) is 4.87. The highest BCUT2D eigenvalue weighted by Crippen LogP contribution is 2.37. The molecule has 116 valence electrons. The zero-order valence-corrected chi connectivity index (χ0v) is 15.4. The fraction of sp³-hybridized carbons (Fsp3) is 0. The fourth-order valence-corrected chi connectivity index (χ4v) is 3.97. The Morgan fingerprint density at radius 1 is 1.26 bits per heavy atom. The van der Waals surface area contributed by atoms with Crippen LogP contribution in [0.3, 0.4) is 0 Å². The van der Waals surface area contributed by atoms with Crippen LogP contribution in [-0.2, 0) is 4.79 Å². The Morgan fingerprint density at radius 2 is 2.00 bits per heavy atom. The largest absolute Gasteiger partial charge is 0.270 e. The summed E-state index contributed by atoms with van der Waals surface area (Å²) >= 11 is 15.8. The standard InChI is InChI=1S/C16H8BrClFNOS2/c17-9-3-1-4-10(7-9)20-15(21)14(23-16(20)22)8-11-12(18)5-2-6-13(11)19/h1-8H/b14-8-. The maximum atomic E-state index is 13.9. The average molecular weight is 429 g/mol. The lowest BCUT2D eigenvalue weighted by atomic mass is 10.2. The summed E-state index contributed by atoms with van der Waals surface area (Å²) in [5.74, 6) is -0.775. The Bertz CT molecular complexity index is 835. The number of nitrogens with zero attached hydrogens (tertiary/aromatic N) is 1. The Morgan fingerprint density at radius 3 is 2.70 bits per heavy atom. The Hall–Kier alpha value is -1.21. The number of rotatable bonds is 2. The lowest BCUT2D eigenvalue weighted by molar-refractivity contribution is -0.113. The zero-order chi connectivity index (χ0) is 16.6. The first kappa shape index (κ1) is 16.6. The highest BCUT2D eigenvalue weighted by molar-refractivity contribution is 9.10. The molecule has 0 atom stereocenters. The molecule has 1 saturated heterocycles. The Balaban J connectivity index is 2.00. The van der Waals surface area contributed by atoms with Crippen molar-refractivity contribution in [1.29, 1.82) is 0 Å². The van der Waals surface area contributed by atoms with Crippen molar-refractivity contribution in [3.63, 3.8) is 0 Å². The smallest absolute Gasteiger partial charge is 0.268 e. The molecule has 2 aromatic rings. The van der Waals surface area contributed by atoms with Crippen molar-refractivity contribution in [3.05, 3.63) is 68.2 Å². The summed E-state index contributed by atoms with van der Waals surface area (Å²) in [5.41, 5.74) is 0.841. The van der Waals surface area contributed by atoms with E-state index < -0.39 is 5.82 Å². The number of thiocarbonyl (C=S) groups is 1. The van der Waals surface area contributed by atoms with Crippen molar-refractivity contribution < 1.29 is 9.18 Å². The lowest BCUT2D eigenvalue weighted by Crippen LogP contribution is -2.27. The maximum absolute atomic E-state index is 13.9. The second-order valence-electron chi connectivity index (χ2n) is 4.63. The van der Waals surface area contributed by atoms with E-state index in [9.17, 15) is 9.18 Å². The number of halogens is 3. The number of carbonyl (C=O) groups excluding carboxylic acids is 1.